The Morgan fingerprint density at radius 2 is 1.88 bits per heavy atom. The van der Waals surface area contributed by atoms with E-state index in [-0.39, 0.29) is 0 Å². The van der Waals surface area contributed by atoms with Crippen molar-refractivity contribution in [2.45, 2.75) is 19.9 Å². The number of aromatic nitrogens is 1. The van der Waals surface area contributed by atoms with Crippen molar-refractivity contribution in [1.29, 1.82) is 0 Å². The summed E-state index contributed by atoms with van der Waals surface area (Å²) in [5, 5.41) is 2.80. The van der Waals surface area contributed by atoms with Crippen molar-refractivity contribution in [3.63, 3.8) is 0 Å². The van der Waals surface area contributed by atoms with E-state index in [2.05, 4.69) is 47.8 Å². The zero-order valence-electron chi connectivity index (χ0n) is 14.4. The van der Waals surface area contributed by atoms with Crippen LogP contribution in [0.1, 0.15) is 23.7 Å². The highest BCUT2D eigenvalue weighted by molar-refractivity contribution is 6.31. The monoisotopic (exact) mass is 370 g/mol. The van der Waals surface area contributed by atoms with Crippen LogP contribution in [-0.4, -0.2) is 23.1 Å². The van der Waals surface area contributed by atoms with Crippen molar-refractivity contribution in [1.82, 2.24) is 9.47 Å². The van der Waals surface area contributed by atoms with Crippen LogP contribution in [0.4, 0.5) is 0 Å². The number of allylic oxidation sites excluding steroid dienone is 1. The molecule has 0 unspecified atom stereocenters. The fourth-order valence-corrected chi connectivity index (χ4v) is 4.01. The Morgan fingerprint density at radius 3 is 2.68 bits per heavy atom. The molecule has 1 aromatic heterocycles. The molecule has 0 radical (unpaired) electrons. The smallest absolute Gasteiger partial charge is 0.0529 e. The average molecular weight is 371 g/mol. The summed E-state index contributed by atoms with van der Waals surface area (Å²) >= 11 is 12.4. The third-order valence-electron chi connectivity index (χ3n) is 4.94. The van der Waals surface area contributed by atoms with Crippen LogP contribution in [0.25, 0.3) is 22.7 Å². The van der Waals surface area contributed by atoms with Crippen LogP contribution in [0, 0.1) is 0 Å². The summed E-state index contributed by atoms with van der Waals surface area (Å²) in [6.07, 6.45) is 3.27. The molecule has 0 bridgehead atoms. The van der Waals surface area contributed by atoms with Crippen LogP contribution >= 0.6 is 23.2 Å². The molecule has 2 heterocycles. The quantitative estimate of drug-likeness (QED) is 0.540. The summed E-state index contributed by atoms with van der Waals surface area (Å²) in [6, 6.07) is 14.2. The van der Waals surface area contributed by atoms with Crippen LogP contribution in [0.2, 0.25) is 10.0 Å². The third kappa shape index (κ3) is 3.10. The molecule has 0 amide bonds. The van der Waals surface area contributed by atoms with Crippen molar-refractivity contribution < 1.29 is 0 Å². The second-order valence-electron chi connectivity index (χ2n) is 6.77. The Bertz CT molecular complexity index is 985. The SMILES string of the molecule is C/C(=C\n1c2c(c3cc(Cl)ccc31)CN(C)CC2)c1cccc(Cl)c1. The van der Waals surface area contributed by atoms with Gasteiger partial charge < -0.3 is 9.47 Å². The third-order valence-corrected chi connectivity index (χ3v) is 5.41. The molecule has 0 aliphatic carbocycles. The van der Waals surface area contributed by atoms with E-state index < -0.39 is 0 Å². The lowest BCUT2D eigenvalue weighted by atomic mass is 10.1. The molecule has 128 valence electrons. The van der Waals surface area contributed by atoms with Crippen LogP contribution in [0.15, 0.2) is 42.5 Å². The number of rotatable bonds is 2. The highest BCUT2D eigenvalue weighted by atomic mass is 35.5. The largest absolute Gasteiger partial charge is 0.320 e. The van der Waals surface area contributed by atoms with E-state index in [0.29, 0.717) is 0 Å². The number of fused-ring (bicyclic) bond motifs is 3. The van der Waals surface area contributed by atoms with Crippen LogP contribution in [0.3, 0.4) is 0 Å². The van der Waals surface area contributed by atoms with Crippen LogP contribution < -0.4 is 0 Å². The maximum absolute atomic E-state index is 6.27. The van der Waals surface area contributed by atoms with E-state index in [4.69, 9.17) is 23.2 Å². The van der Waals surface area contributed by atoms with Gasteiger partial charge in [-0.1, -0.05) is 35.3 Å². The van der Waals surface area contributed by atoms with E-state index in [1.165, 1.54) is 27.7 Å². The summed E-state index contributed by atoms with van der Waals surface area (Å²) in [4.78, 5) is 2.36. The fourth-order valence-electron chi connectivity index (χ4n) is 3.65. The van der Waals surface area contributed by atoms with Gasteiger partial charge in [0.25, 0.3) is 0 Å². The van der Waals surface area contributed by atoms with Gasteiger partial charge in [0.05, 0.1) is 5.52 Å². The van der Waals surface area contributed by atoms with Crippen molar-refractivity contribution in [2.75, 3.05) is 13.6 Å². The summed E-state index contributed by atoms with van der Waals surface area (Å²) < 4.78 is 2.34. The Balaban J connectivity index is 1.91. The molecular formula is C21H20Cl2N2. The van der Waals surface area contributed by atoms with Gasteiger partial charge in [-0.05, 0) is 61.0 Å². The molecule has 0 saturated heterocycles. The molecule has 1 aliphatic heterocycles. The highest BCUT2D eigenvalue weighted by Gasteiger charge is 2.22. The molecule has 0 saturated carbocycles. The Labute approximate surface area is 158 Å². The summed E-state index contributed by atoms with van der Waals surface area (Å²) in [7, 11) is 2.17. The van der Waals surface area contributed by atoms with Gasteiger partial charge in [0.2, 0.25) is 0 Å². The second kappa shape index (κ2) is 6.53. The van der Waals surface area contributed by atoms with Gasteiger partial charge in [0, 0.05) is 46.8 Å². The van der Waals surface area contributed by atoms with Crippen LogP contribution in [-0.2, 0) is 13.0 Å². The molecule has 25 heavy (non-hydrogen) atoms. The minimum atomic E-state index is 0.762. The van der Waals surface area contributed by atoms with Gasteiger partial charge in [-0.15, -0.1) is 0 Å². The zero-order valence-corrected chi connectivity index (χ0v) is 15.9. The number of halogens is 2. The molecular weight excluding hydrogens is 351 g/mol. The van der Waals surface area contributed by atoms with E-state index in [0.717, 1.165) is 35.1 Å². The summed E-state index contributed by atoms with van der Waals surface area (Å²) in [5.41, 5.74) is 6.32. The lowest BCUT2D eigenvalue weighted by Gasteiger charge is -2.23. The predicted molar refractivity (Wildman–Crippen MR) is 108 cm³/mol. The van der Waals surface area contributed by atoms with Gasteiger partial charge >= 0.3 is 0 Å². The minimum absolute atomic E-state index is 0.762. The van der Waals surface area contributed by atoms with E-state index in [9.17, 15) is 0 Å². The van der Waals surface area contributed by atoms with E-state index in [1.807, 2.05) is 24.3 Å². The fraction of sp³-hybridized carbons (Fsp3) is 0.238. The molecule has 3 aromatic rings. The van der Waals surface area contributed by atoms with Gasteiger partial charge in [-0.2, -0.15) is 0 Å². The van der Waals surface area contributed by atoms with E-state index in [1.54, 1.807) is 0 Å². The number of likely N-dealkylation sites (N-methyl/N-ethyl adjacent to an activating group) is 1. The first-order valence-electron chi connectivity index (χ1n) is 8.47. The molecule has 2 nitrogen and oxygen atoms in total. The van der Waals surface area contributed by atoms with Crippen molar-refractivity contribution in [3.8, 4) is 0 Å². The highest BCUT2D eigenvalue weighted by Crippen LogP contribution is 2.33. The first-order valence-corrected chi connectivity index (χ1v) is 9.22. The first kappa shape index (κ1) is 16.7. The molecule has 4 heteroatoms. The van der Waals surface area contributed by atoms with Crippen molar-refractivity contribution in [3.05, 3.63) is 69.3 Å². The van der Waals surface area contributed by atoms with Crippen molar-refractivity contribution in [2.24, 2.45) is 0 Å². The summed E-state index contributed by atoms with van der Waals surface area (Å²) in [5.74, 6) is 0. The first-order chi connectivity index (χ1) is 12.0. The molecule has 0 N–H and O–H groups in total. The van der Waals surface area contributed by atoms with Gasteiger partial charge in [0.15, 0.2) is 0 Å². The molecule has 0 atom stereocenters. The summed E-state index contributed by atoms with van der Waals surface area (Å²) in [6.45, 7) is 4.17. The predicted octanol–water partition coefficient (Wildman–Crippen LogP) is 5.95. The van der Waals surface area contributed by atoms with Crippen molar-refractivity contribution >= 4 is 45.9 Å². The Morgan fingerprint density at radius 1 is 1.08 bits per heavy atom. The Hall–Kier alpha value is -1.74. The second-order valence-corrected chi connectivity index (χ2v) is 7.64. The number of benzene rings is 2. The normalized spacial score (nSPS) is 15.6. The van der Waals surface area contributed by atoms with Crippen LogP contribution in [0.5, 0.6) is 0 Å². The molecule has 4 rings (SSSR count). The Kier molecular flexibility index (Phi) is 4.36. The minimum Gasteiger partial charge on any atom is -0.320 e. The standard InChI is InChI=1S/C21H20Cl2N2/c1-14(15-4-3-5-16(22)10-15)12-25-20-7-6-17(23)11-18(20)19-13-24(2)9-8-21(19)25/h3-7,10-12H,8-9,13H2,1-2H3/b14-12+. The lowest BCUT2D eigenvalue weighted by molar-refractivity contribution is 0.312. The average Bonchev–Trinajstić information content (AvgIpc) is 2.87. The topological polar surface area (TPSA) is 8.17 Å². The number of nitrogens with zero attached hydrogens (tertiary/aromatic N) is 2. The number of hydrogen-bond donors (Lipinski definition) is 0. The van der Waals surface area contributed by atoms with E-state index >= 15 is 0 Å². The lowest BCUT2D eigenvalue weighted by Crippen LogP contribution is -2.26. The van der Waals surface area contributed by atoms with Gasteiger partial charge in [-0.3, -0.25) is 0 Å². The molecule has 2 aromatic carbocycles. The molecule has 1 aliphatic rings. The molecule has 0 fully saturated rings. The zero-order chi connectivity index (χ0) is 17.6. The maximum atomic E-state index is 6.27. The van der Waals surface area contributed by atoms with Gasteiger partial charge in [0.1, 0.15) is 0 Å². The number of hydrogen-bond acceptors (Lipinski definition) is 1. The maximum Gasteiger partial charge on any atom is 0.0529 e. The van der Waals surface area contributed by atoms with Gasteiger partial charge in [-0.25, -0.2) is 0 Å². The molecule has 0 spiro atoms.